The number of benzene rings is 1. The second kappa shape index (κ2) is 13.7. The summed E-state index contributed by atoms with van der Waals surface area (Å²) in [5.41, 5.74) is 6.32. The first-order valence-electron chi connectivity index (χ1n) is 10.9. The smallest absolute Gasteiger partial charge is 0.0888 e. The van der Waals surface area contributed by atoms with E-state index in [0.717, 1.165) is 23.3 Å². The van der Waals surface area contributed by atoms with Gasteiger partial charge in [0.25, 0.3) is 0 Å². The average Bonchev–Trinajstić information content (AvgIpc) is 2.67. The Balaban J connectivity index is 0.00000407. The van der Waals surface area contributed by atoms with Crippen LogP contribution in [0.4, 0.5) is 0 Å². The van der Waals surface area contributed by atoms with Gasteiger partial charge in [-0.1, -0.05) is 101 Å². The second-order valence-corrected chi connectivity index (χ2v) is 8.33. The summed E-state index contributed by atoms with van der Waals surface area (Å²) in [5, 5.41) is 13.7. The fraction of sp³-hybridized carbons (Fsp3) is 0.429. The molecule has 1 rings (SSSR count). The van der Waals surface area contributed by atoms with E-state index < -0.39 is 0 Å². The Labute approximate surface area is 185 Å². The minimum absolute atomic E-state index is 0.0506. The lowest BCUT2D eigenvalue weighted by molar-refractivity contribution is 0.321. The monoisotopic (exact) mass is 409 g/mol. The van der Waals surface area contributed by atoms with Gasteiger partial charge < -0.3 is 10.4 Å². The van der Waals surface area contributed by atoms with Gasteiger partial charge in [0.2, 0.25) is 0 Å². The molecular formula is C28H43NO. The highest BCUT2D eigenvalue weighted by Crippen LogP contribution is 2.26. The number of nitrogens with one attached hydrogen (secondary N) is 1. The molecular weight excluding hydrogens is 366 g/mol. The quantitative estimate of drug-likeness (QED) is 0.221. The molecule has 1 aromatic rings. The van der Waals surface area contributed by atoms with Crippen molar-refractivity contribution >= 4 is 0 Å². The van der Waals surface area contributed by atoms with Gasteiger partial charge in [-0.3, -0.25) is 0 Å². The molecule has 0 spiro atoms. The summed E-state index contributed by atoms with van der Waals surface area (Å²) in [6.07, 6.45) is 3.43. The molecule has 0 fully saturated rings. The molecule has 30 heavy (non-hydrogen) atoms. The van der Waals surface area contributed by atoms with Crippen LogP contribution in [0.1, 0.15) is 59.1 Å². The van der Waals surface area contributed by atoms with Gasteiger partial charge in [-0.15, -0.1) is 0 Å². The van der Waals surface area contributed by atoms with E-state index in [1.807, 2.05) is 33.8 Å². The number of aliphatic hydroxyl groups is 1. The van der Waals surface area contributed by atoms with Crippen LogP contribution >= 0.6 is 0 Å². The molecule has 1 unspecified atom stereocenters. The van der Waals surface area contributed by atoms with E-state index in [1.54, 1.807) is 0 Å². The first-order valence-corrected chi connectivity index (χ1v) is 10.9. The van der Waals surface area contributed by atoms with Crippen molar-refractivity contribution < 1.29 is 5.11 Å². The van der Waals surface area contributed by atoms with Crippen LogP contribution < -0.4 is 5.32 Å². The van der Waals surface area contributed by atoms with E-state index in [2.05, 4.69) is 76.7 Å². The van der Waals surface area contributed by atoms with Crippen molar-refractivity contribution in [1.29, 1.82) is 0 Å². The summed E-state index contributed by atoms with van der Waals surface area (Å²) < 4.78 is 0. The molecule has 166 valence electrons. The molecule has 0 amide bonds. The van der Waals surface area contributed by atoms with Crippen molar-refractivity contribution in [2.24, 2.45) is 11.8 Å². The molecule has 0 aliphatic heterocycles. The second-order valence-electron chi connectivity index (χ2n) is 8.33. The lowest BCUT2D eigenvalue weighted by Crippen LogP contribution is -2.35. The Kier molecular flexibility index (Phi) is 12.6. The third-order valence-electron chi connectivity index (χ3n) is 4.87. The highest BCUT2D eigenvalue weighted by atomic mass is 16.3. The van der Waals surface area contributed by atoms with Gasteiger partial charge in [0, 0.05) is 17.7 Å². The molecule has 2 atom stereocenters. The number of aryl methyl sites for hydroxylation is 1. The Hall–Kier alpha value is -2.48. The zero-order valence-electron chi connectivity index (χ0n) is 20.3. The first kappa shape index (κ1) is 27.5. The summed E-state index contributed by atoms with van der Waals surface area (Å²) in [6.45, 7) is 30.8. The lowest BCUT2D eigenvalue weighted by Gasteiger charge is -2.29. The van der Waals surface area contributed by atoms with Crippen molar-refractivity contribution in [2.45, 2.75) is 67.3 Å². The molecule has 0 aromatic heterocycles. The Morgan fingerprint density at radius 2 is 1.57 bits per heavy atom. The molecule has 0 radical (unpaired) electrons. The summed E-state index contributed by atoms with van der Waals surface area (Å²) >= 11 is 0. The van der Waals surface area contributed by atoms with Gasteiger partial charge in [-0.25, -0.2) is 0 Å². The largest absolute Gasteiger partial charge is 0.513 e. The van der Waals surface area contributed by atoms with E-state index >= 15 is 0 Å². The minimum Gasteiger partial charge on any atom is -0.513 e. The lowest BCUT2D eigenvalue weighted by atomic mass is 9.85. The predicted octanol–water partition coefficient (Wildman–Crippen LogP) is 7.85. The molecule has 0 bridgehead atoms. The Bertz CT molecular complexity index is 745. The molecule has 0 heterocycles. The van der Waals surface area contributed by atoms with Gasteiger partial charge >= 0.3 is 0 Å². The van der Waals surface area contributed by atoms with Gasteiger partial charge in [0.1, 0.15) is 0 Å². The summed E-state index contributed by atoms with van der Waals surface area (Å²) in [4.78, 5) is 0. The van der Waals surface area contributed by atoms with E-state index in [0.29, 0.717) is 12.3 Å². The van der Waals surface area contributed by atoms with E-state index in [1.165, 1.54) is 16.7 Å². The Morgan fingerprint density at radius 3 is 2.00 bits per heavy atom. The van der Waals surface area contributed by atoms with Gasteiger partial charge in [-0.2, -0.15) is 0 Å². The third kappa shape index (κ3) is 9.82. The van der Waals surface area contributed by atoms with Crippen molar-refractivity contribution in [3.63, 3.8) is 0 Å². The number of allylic oxidation sites excluding steroid dienone is 3. The normalized spacial score (nSPS) is 12.1. The number of hydrogen-bond acceptors (Lipinski definition) is 2. The highest BCUT2D eigenvalue weighted by Gasteiger charge is 2.22. The van der Waals surface area contributed by atoms with Crippen LogP contribution in [0.3, 0.4) is 0 Å². The van der Waals surface area contributed by atoms with Crippen LogP contribution in [0.5, 0.6) is 0 Å². The van der Waals surface area contributed by atoms with Crippen molar-refractivity contribution in [3.8, 4) is 0 Å². The summed E-state index contributed by atoms with van der Waals surface area (Å²) in [5.74, 6) is 0.472. The van der Waals surface area contributed by atoms with Crippen LogP contribution in [0, 0.1) is 18.8 Å². The average molecular weight is 410 g/mol. The summed E-state index contributed by atoms with van der Waals surface area (Å²) in [6, 6.07) is 8.46. The van der Waals surface area contributed by atoms with Crippen LogP contribution in [0.2, 0.25) is 0 Å². The molecule has 0 saturated heterocycles. The van der Waals surface area contributed by atoms with Crippen molar-refractivity contribution in [2.75, 3.05) is 0 Å². The number of rotatable bonds is 11. The van der Waals surface area contributed by atoms with Crippen molar-refractivity contribution in [3.05, 3.63) is 96.0 Å². The number of hydrogen-bond donors (Lipinski definition) is 2. The maximum absolute atomic E-state index is 10.2. The number of aliphatic hydroxyl groups excluding tert-OH is 1. The predicted molar refractivity (Wildman–Crippen MR) is 135 cm³/mol. The zero-order valence-corrected chi connectivity index (χ0v) is 20.3. The van der Waals surface area contributed by atoms with Crippen LogP contribution in [0.25, 0.3) is 0 Å². The zero-order chi connectivity index (χ0) is 23.4. The fourth-order valence-electron chi connectivity index (χ4n) is 3.22. The van der Waals surface area contributed by atoms with Gasteiger partial charge in [-0.05, 0) is 50.7 Å². The SMILES string of the molecule is C=C(C=C(C)C)C(=C)NC(C(=C)C[C@@H](Cc1ccc(C)cc1)C(=C)O)C(C)C.CC. The molecule has 0 aliphatic carbocycles. The fourth-order valence-corrected chi connectivity index (χ4v) is 3.22. The molecule has 0 aliphatic rings. The maximum atomic E-state index is 10.2. The van der Waals surface area contributed by atoms with Crippen LogP contribution in [0.15, 0.2) is 84.8 Å². The Morgan fingerprint density at radius 1 is 1.03 bits per heavy atom. The highest BCUT2D eigenvalue weighted by molar-refractivity contribution is 5.37. The van der Waals surface area contributed by atoms with E-state index in [9.17, 15) is 5.11 Å². The molecule has 2 heteroatoms. The molecule has 0 saturated carbocycles. The first-order chi connectivity index (χ1) is 14.0. The molecule has 1 aromatic carbocycles. The van der Waals surface area contributed by atoms with Gasteiger partial charge in [0.05, 0.1) is 5.76 Å². The minimum atomic E-state index is -0.0625. The van der Waals surface area contributed by atoms with E-state index in [4.69, 9.17) is 0 Å². The van der Waals surface area contributed by atoms with Crippen molar-refractivity contribution in [1.82, 2.24) is 5.32 Å². The van der Waals surface area contributed by atoms with E-state index in [-0.39, 0.29) is 17.7 Å². The molecule has 2 nitrogen and oxygen atoms in total. The van der Waals surface area contributed by atoms with Gasteiger partial charge in [0.15, 0.2) is 0 Å². The van der Waals surface area contributed by atoms with Crippen LogP contribution in [-0.2, 0) is 6.42 Å². The standard InChI is InChI=1S/C26H37NO.C2H6/c1-17(2)14-20(6)22(8)27-26(18(3)4)21(7)15-25(23(9)28)16-24-12-10-19(5)11-13-24;1-2/h10-14,18,25-28H,6-9,15-16H2,1-5H3;1-2H3/t25-,26?;/m0./s1. The third-order valence-corrected chi connectivity index (χ3v) is 4.87. The van der Waals surface area contributed by atoms with Crippen LogP contribution in [-0.4, -0.2) is 11.1 Å². The summed E-state index contributed by atoms with van der Waals surface area (Å²) in [7, 11) is 0. The topological polar surface area (TPSA) is 32.3 Å². The maximum Gasteiger partial charge on any atom is 0.0888 e. The molecule has 2 N–H and O–H groups in total.